The van der Waals surface area contributed by atoms with E-state index in [1.807, 2.05) is 6.92 Å². The Labute approximate surface area is 91.0 Å². The molecule has 1 aliphatic rings. The van der Waals surface area contributed by atoms with E-state index in [-0.39, 0.29) is 24.0 Å². The van der Waals surface area contributed by atoms with Crippen LogP contribution in [0.15, 0.2) is 0 Å². The standard InChI is InChI=1S/C11H21NO3/c1-3-9(10(14)15-2)12-8-11(4-5-11)6-7-13/h9,12-13H,3-8H2,1-2H3. The lowest BCUT2D eigenvalue weighted by atomic mass is 10.0. The van der Waals surface area contributed by atoms with E-state index in [9.17, 15) is 4.79 Å². The summed E-state index contributed by atoms with van der Waals surface area (Å²) in [7, 11) is 1.41. The van der Waals surface area contributed by atoms with Crippen LogP contribution in [0, 0.1) is 5.41 Å². The van der Waals surface area contributed by atoms with Gasteiger partial charge in [0.1, 0.15) is 6.04 Å². The summed E-state index contributed by atoms with van der Waals surface area (Å²) < 4.78 is 4.70. The van der Waals surface area contributed by atoms with Crippen molar-refractivity contribution in [3.63, 3.8) is 0 Å². The molecule has 0 aliphatic heterocycles. The zero-order valence-corrected chi connectivity index (χ0v) is 9.58. The molecule has 1 aliphatic carbocycles. The van der Waals surface area contributed by atoms with Crippen LogP contribution in [-0.4, -0.2) is 37.4 Å². The Kier molecular flexibility index (Phi) is 4.54. The summed E-state index contributed by atoms with van der Waals surface area (Å²) in [6, 6.07) is -0.203. The van der Waals surface area contributed by atoms with Gasteiger partial charge in [-0.25, -0.2) is 0 Å². The van der Waals surface area contributed by atoms with Crippen LogP contribution >= 0.6 is 0 Å². The van der Waals surface area contributed by atoms with Crippen LogP contribution in [0.3, 0.4) is 0 Å². The highest BCUT2D eigenvalue weighted by molar-refractivity contribution is 5.75. The summed E-state index contributed by atoms with van der Waals surface area (Å²) in [6.07, 6.45) is 3.87. The second-order valence-corrected chi connectivity index (χ2v) is 4.34. The maximum absolute atomic E-state index is 11.3. The van der Waals surface area contributed by atoms with Gasteiger partial charge >= 0.3 is 5.97 Å². The highest BCUT2D eigenvalue weighted by Crippen LogP contribution is 2.47. The second kappa shape index (κ2) is 5.47. The number of aliphatic hydroxyl groups excluding tert-OH is 1. The summed E-state index contributed by atoms with van der Waals surface area (Å²) in [5.74, 6) is -0.197. The number of rotatable bonds is 7. The molecule has 0 spiro atoms. The summed E-state index contributed by atoms with van der Waals surface area (Å²) in [5.41, 5.74) is 0.246. The predicted octanol–water partition coefficient (Wildman–Crippen LogP) is 0.690. The van der Waals surface area contributed by atoms with Gasteiger partial charge in [0.2, 0.25) is 0 Å². The summed E-state index contributed by atoms with van der Waals surface area (Å²) in [4.78, 5) is 11.3. The second-order valence-electron chi connectivity index (χ2n) is 4.34. The maximum atomic E-state index is 11.3. The van der Waals surface area contributed by atoms with Gasteiger partial charge in [0.05, 0.1) is 7.11 Å². The predicted molar refractivity (Wildman–Crippen MR) is 57.5 cm³/mol. The van der Waals surface area contributed by atoms with Crippen molar-refractivity contribution in [2.75, 3.05) is 20.3 Å². The van der Waals surface area contributed by atoms with Crippen molar-refractivity contribution in [1.29, 1.82) is 0 Å². The average molecular weight is 215 g/mol. The molecule has 15 heavy (non-hydrogen) atoms. The van der Waals surface area contributed by atoms with Gasteiger partial charge in [-0.1, -0.05) is 6.92 Å². The van der Waals surface area contributed by atoms with E-state index >= 15 is 0 Å². The van der Waals surface area contributed by atoms with Gasteiger partial charge in [-0.3, -0.25) is 4.79 Å². The quantitative estimate of drug-likeness (QED) is 0.613. The van der Waals surface area contributed by atoms with Gasteiger partial charge in [-0.2, -0.15) is 0 Å². The number of methoxy groups -OCH3 is 1. The van der Waals surface area contributed by atoms with Crippen LogP contribution in [0.2, 0.25) is 0 Å². The van der Waals surface area contributed by atoms with Crippen LogP contribution in [0.4, 0.5) is 0 Å². The third-order valence-electron chi connectivity index (χ3n) is 3.22. The molecular weight excluding hydrogens is 194 g/mol. The highest BCUT2D eigenvalue weighted by atomic mass is 16.5. The summed E-state index contributed by atoms with van der Waals surface area (Å²) in [5, 5.41) is 12.1. The Morgan fingerprint density at radius 1 is 1.60 bits per heavy atom. The molecular formula is C11H21NO3. The molecule has 4 nitrogen and oxygen atoms in total. The molecule has 2 N–H and O–H groups in total. The smallest absolute Gasteiger partial charge is 0.322 e. The largest absolute Gasteiger partial charge is 0.468 e. The Balaban J connectivity index is 2.31. The van der Waals surface area contributed by atoms with E-state index in [4.69, 9.17) is 9.84 Å². The lowest BCUT2D eigenvalue weighted by Gasteiger charge is -2.19. The third kappa shape index (κ3) is 3.47. The average Bonchev–Trinajstić information content (AvgIpc) is 2.99. The van der Waals surface area contributed by atoms with E-state index < -0.39 is 0 Å². The number of aliphatic hydroxyl groups is 1. The fourth-order valence-electron chi connectivity index (χ4n) is 1.81. The topological polar surface area (TPSA) is 58.6 Å². The Morgan fingerprint density at radius 2 is 2.27 bits per heavy atom. The molecule has 0 heterocycles. The number of hydrogen-bond acceptors (Lipinski definition) is 4. The zero-order chi connectivity index (χ0) is 11.3. The molecule has 0 aromatic heterocycles. The lowest BCUT2D eigenvalue weighted by molar-refractivity contribution is -0.143. The Bertz CT molecular complexity index is 214. The normalized spacial score (nSPS) is 19.7. The number of hydrogen-bond donors (Lipinski definition) is 2. The number of carbonyl (C=O) groups excluding carboxylic acids is 1. The van der Waals surface area contributed by atoms with Crippen molar-refractivity contribution in [3.05, 3.63) is 0 Å². The Hall–Kier alpha value is -0.610. The van der Waals surface area contributed by atoms with E-state index in [2.05, 4.69) is 5.32 Å². The third-order valence-corrected chi connectivity index (χ3v) is 3.22. The molecule has 1 atom stereocenters. The molecule has 0 amide bonds. The molecule has 0 saturated heterocycles. The van der Waals surface area contributed by atoms with Crippen LogP contribution in [0.5, 0.6) is 0 Å². The van der Waals surface area contributed by atoms with Crippen molar-refractivity contribution in [1.82, 2.24) is 5.32 Å². The summed E-state index contributed by atoms with van der Waals surface area (Å²) in [6.45, 7) is 3.00. The van der Waals surface area contributed by atoms with Gasteiger partial charge in [-0.15, -0.1) is 0 Å². The van der Waals surface area contributed by atoms with Crippen molar-refractivity contribution < 1.29 is 14.6 Å². The van der Waals surface area contributed by atoms with E-state index in [0.717, 1.165) is 32.2 Å². The monoisotopic (exact) mass is 215 g/mol. The number of carbonyl (C=O) groups is 1. The van der Waals surface area contributed by atoms with Gasteiger partial charge in [0.15, 0.2) is 0 Å². The van der Waals surface area contributed by atoms with Crippen molar-refractivity contribution in [2.24, 2.45) is 5.41 Å². The maximum Gasteiger partial charge on any atom is 0.322 e. The van der Waals surface area contributed by atoms with Crippen LogP contribution in [0.25, 0.3) is 0 Å². The highest BCUT2D eigenvalue weighted by Gasteiger charge is 2.42. The molecule has 4 heteroatoms. The zero-order valence-electron chi connectivity index (χ0n) is 9.58. The van der Waals surface area contributed by atoms with Crippen LogP contribution in [-0.2, 0) is 9.53 Å². The first-order valence-electron chi connectivity index (χ1n) is 5.59. The minimum atomic E-state index is -0.203. The number of ether oxygens (including phenoxy) is 1. The molecule has 1 unspecified atom stereocenters. The van der Waals surface area contributed by atoms with Gasteiger partial charge in [0, 0.05) is 13.2 Å². The lowest BCUT2D eigenvalue weighted by Crippen LogP contribution is -2.40. The number of nitrogens with one attached hydrogen (secondary N) is 1. The first-order valence-corrected chi connectivity index (χ1v) is 5.59. The van der Waals surface area contributed by atoms with Gasteiger partial charge < -0.3 is 15.2 Å². The molecule has 0 radical (unpaired) electrons. The fourth-order valence-corrected chi connectivity index (χ4v) is 1.81. The molecule has 88 valence electrons. The minimum Gasteiger partial charge on any atom is -0.468 e. The number of esters is 1. The molecule has 0 aromatic carbocycles. The fraction of sp³-hybridized carbons (Fsp3) is 0.909. The Morgan fingerprint density at radius 3 is 2.67 bits per heavy atom. The van der Waals surface area contributed by atoms with E-state index in [1.54, 1.807) is 0 Å². The first-order chi connectivity index (χ1) is 7.17. The van der Waals surface area contributed by atoms with Crippen LogP contribution < -0.4 is 5.32 Å². The minimum absolute atomic E-state index is 0.197. The van der Waals surface area contributed by atoms with Crippen LogP contribution in [0.1, 0.15) is 32.6 Å². The molecule has 0 bridgehead atoms. The van der Waals surface area contributed by atoms with Crippen molar-refractivity contribution in [2.45, 2.75) is 38.6 Å². The van der Waals surface area contributed by atoms with Gasteiger partial charge in [0.25, 0.3) is 0 Å². The molecule has 1 rings (SSSR count). The van der Waals surface area contributed by atoms with Gasteiger partial charge in [-0.05, 0) is 31.1 Å². The first kappa shape index (κ1) is 12.5. The molecule has 1 fully saturated rings. The van der Waals surface area contributed by atoms with E-state index in [0.29, 0.717) is 0 Å². The summed E-state index contributed by atoms with van der Waals surface area (Å²) >= 11 is 0. The molecule has 1 saturated carbocycles. The SMILES string of the molecule is CCC(NCC1(CCO)CC1)C(=O)OC. The van der Waals surface area contributed by atoms with Crippen molar-refractivity contribution in [3.8, 4) is 0 Å². The van der Waals surface area contributed by atoms with E-state index in [1.165, 1.54) is 7.11 Å². The van der Waals surface area contributed by atoms with Crippen molar-refractivity contribution >= 4 is 5.97 Å². The molecule has 0 aromatic rings.